The van der Waals surface area contributed by atoms with Crippen LogP contribution >= 0.6 is 0 Å². The molecule has 0 bridgehead atoms. The Kier molecular flexibility index (Phi) is 5.62. The highest BCUT2D eigenvalue weighted by Gasteiger charge is 2.20. The Balaban J connectivity index is 1.32. The number of aromatic nitrogens is 1. The lowest BCUT2D eigenvalue weighted by molar-refractivity contribution is -0.137. The van der Waals surface area contributed by atoms with Gasteiger partial charge >= 0.3 is 0 Å². The van der Waals surface area contributed by atoms with Crippen molar-refractivity contribution in [1.82, 2.24) is 9.88 Å². The minimum atomic E-state index is -0.00368. The third-order valence-electron chi connectivity index (χ3n) is 5.18. The van der Waals surface area contributed by atoms with Gasteiger partial charge in [-0.15, -0.1) is 0 Å². The molecule has 0 aliphatic carbocycles. The summed E-state index contributed by atoms with van der Waals surface area (Å²) >= 11 is 0. The van der Waals surface area contributed by atoms with Crippen LogP contribution in [0.1, 0.15) is 22.6 Å². The Morgan fingerprint density at radius 1 is 1.14 bits per heavy atom. The molecule has 2 heterocycles. The van der Waals surface area contributed by atoms with Crippen molar-refractivity contribution >= 4 is 5.91 Å². The van der Waals surface area contributed by atoms with Crippen LogP contribution in [0.25, 0.3) is 11.5 Å². The maximum atomic E-state index is 12.5. The Morgan fingerprint density at radius 3 is 2.66 bits per heavy atom. The number of hydrogen-bond donors (Lipinski definition) is 0. The first-order valence-corrected chi connectivity index (χ1v) is 9.67. The molecule has 0 saturated heterocycles. The van der Waals surface area contributed by atoms with Gasteiger partial charge in [-0.1, -0.05) is 24.3 Å². The van der Waals surface area contributed by atoms with Gasteiger partial charge in [0.15, 0.2) is 0 Å². The molecule has 0 unspecified atom stereocenters. The van der Waals surface area contributed by atoms with Gasteiger partial charge in [-0.2, -0.15) is 0 Å². The van der Waals surface area contributed by atoms with Crippen LogP contribution in [0.3, 0.4) is 0 Å². The predicted molar refractivity (Wildman–Crippen MR) is 108 cm³/mol. The van der Waals surface area contributed by atoms with E-state index in [4.69, 9.17) is 13.9 Å². The SMILES string of the molecule is COc1ccc(-c2nc(COCC(=O)N3CCc4ccccc4C3)c(C)o2)cc1. The minimum Gasteiger partial charge on any atom is -0.497 e. The van der Waals surface area contributed by atoms with Crippen molar-refractivity contribution in [2.75, 3.05) is 20.3 Å². The second-order valence-electron chi connectivity index (χ2n) is 7.08. The lowest BCUT2D eigenvalue weighted by Gasteiger charge is -2.28. The van der Waals surface area contributed by atoms with Crippen molar-refractivity contribution in [3.05, 3.63) is 71.1 Å². The van der Waals surface area contributed by atoms with Gasteiger partial charge in [0.05, 0.1) is 13.7 Å². The van der Waals surface area contributed by atoms with Crippen LogP contribution < -0.4 is 4.74 Å². The van der Waals surface area contributed by atoms with Crippen molar-refractivity contribution < 1.29 is 18.7 Å². The second-order valence-corrected chi connectivity index (χ2v) is 7.08. The standard InChI is InChI=1S/C23H24N2O4/c1-16-21(24-23(29-16)18-7-9-20(27-2)10-8-18)14-28-15-22(26)25-12-11-17-5-3-4-6-19(17)13-25/h3-10H,11-15H2,1-2H3. The summed E-state index contributed by atoms with van der Waals surface area (Å²) in [6.45, 7) is 3.49. The van der Waals surface area contributed by atoms with E-state index in [0.29, 0.717) is 23.9 Å². The fraction of sp³-hybridized carbons (Fsp3) is 0.304. The maximum absolute atomic E-state index is 12.5. The number of oxazole rings is 1. The Hall–Kier alpha value is -3.12. The lowest BCUT2D eigenvalue weighted by atomic mass is 10.00. The van der Waals surface area contributed by atoms with E-state index in [-0.39, 0.29) is 19.1 Å². The minimum absolute atomic E-state index is 0.00368. The number of rotatable bonds is 6. The molecule has 2 aromatic carbocycles. The van der Waals surface area contributed by atoms with Gasteiger partial charge in [0.1, 0.15) is 23.8 Å². The average molecular weight is 392 g/mol. The molecule has 1 amide bonds. The zero-order chi connectivity index (χ0) is 20.2. The van der Waals surface area contributed by atoms with Crippen LogP contribution in [-0.2, 0) is 29.1 Å². The normalized spacial score (nSPS) is 13.2. The van der Waals surface area contributed by atoms with Gasteiger partial charge in [0.25, 0.3) is 0 Å². The molecule has 0 radical (unpaired) electrons. The number of aryl methyl sites for hydroxylation is 1. The molecule has 150 valence electrons. The van der Waals surface area contributed by atoms with Crippen LogP contribution in [0.5, 0.6) is 5.75 Å². The van der Waals surface area contributed by atoms with Crippen LogP contribution in [0.15, 0.2) is 52.9 Å². The van der Waals surface area contributed by atoms with E-state index in [1.54, 1.807) is 7.11 Å². The van der Waals surface area contributed by atoms with E-state index < -0.39 is 0 Å². The van der Waals surface area contributed by atoms with E-state index in [2.05, 4.69) is 17.1 Å². The molecule has 4 rings (SSSR count). The van der Waals surface area contributed by atoms with Gasteiger partial charge < -0.3 is 18.8 Å². The van der Waals surface area contributed by atoms with Crippen LogP contribution in [-0.4, -0.2) is 36.1 Å². The van der Waals surface area contributed by atoms with Gasteiger partial charge in [-0.3, -0.25) is 4.79 Å². The molecule has 1 aliphatic rings. The van der Waals surface area contributed by atoms with Crippen LogP contribution in [0.2, 0.25) is 0 Å². The fourth-order valence-corrected chi connectivity index (χ4v) is 3.45. The largest absolute Gasteiger partial charge is 0.497 e. The highest BCUT2D eigenvalue weighted by atomic mass is 16.5. The molecule has 6 heteroatoms. The number of fused-ring (bicyclic) bond motifs is 1. The molecule has 0 atom stereocenters. The highest BCUT2D eigenvalue weighted by molar-refractivity contribution is 5.77. The summed E-state index contributed by atoms with van der Waals surface area (Å²) in [6.07, 6.45) is 0.884. The third kappa shape index (κ3) is 4.32. The maximum Gasteiger partial charge on any atom is 0.248 e. The number of amides is 1. The van der Waals surface area contributed by atoms with E-state index in [1.807, 2.05) is 48.2 Å². The lowest BCUT2D eigenvalue weighted by Crippen LogP contribution is -2.38. The molecule has 3 aromatic rings. The molecule has 1 aliphatic heterocycles. The number of carbonyl (C=O) groups excluding carboxylic acids is 1. The molecule has 0 spiro atoms. The monoisotopic (exact) mass is 392 g/mol. The predicted octanol–water partition coefficient (Wildman–Crippen LogP) is 3.76. The summed E-state index contributed by atoms with van der Waals surface area (Å²) in [7, 11) is 1.63. The van der Waals surface area contributed by atoms with Crippen LogP contribution in [0, 0.1) is 6.92 Å². The smallest absolute Gasteiger partial charge is 0.248 e. The van der Waals surface area contributed by atoms with Crippen LogP contribution in [0.4, 0.5) is 0 Å². The van der Waals surface area contributed by atoms with Crippen molar-refractivity contribution in [2.24, 2.45) is 0 Å². The van der Waals surface area contributed by atoms with E-state index in [1.165, 1.54) is 11.1 Å². The van der Waals surface area contributed by atoms with E-state index in [0.717, 1.165) is 24.3 Å². The first-order chi connectivity index (χ1) is 14.1. The molecule has 0 saturated carbocycles. The zero-order valence-corrected chi connectivity index (χ0v) is 16.7. The number of benzene rings is 2. The van der Waals surface area contributed by atoms with Crippen molar-refractivity contribution in [1.29, 1.82) is 0 Å². The molecular formula is C23H24N2O4. The average Bonchev–Trinajstić information content (AvgIpc) is 3.14. The first kappa shape index (κ1) is 19.2. The molecular weight excluding hydrogens is 368 g/mol. The Morgan fingerprint density at radius 2 is 1.90 bits per heavy atom. The highest BCUT2D eigenvalue weighted by Crippen LogP contribution is 2.24. The fourth-order valence-electron chi connectivity index (χ4n) is 3.45. The van der Waals surface area contributed by atoms with Gasteiger partial charge in [-0.05, 0) is 48.7 Å². The first-order valence-electron chi connectivity index (χ1n) is 9.67. The number of nitrogens with zero attached hydrogens (tertiary/aromatic N) is 2. The Bertz CT molecular complexity index is 994. The van der Waals surface area contributed by atoms with Crippen molar-refractivity contribution in [2.45, 2.75) is 26.5 Å². The number of hydrogen-bond acceptors (Lipinski definition) is 5. The quantitative estimate of drug-likeness (QED) is 0.639. The number of ether oxygens (including phenoxy) is 2. The summed E-state index contributed by atoms with van der Waals surface area (Å²) < 4.78 is 16.6. The second kappa shape index (κ2) is 8.49. The molecule has 29 heavy (non-hydrogen) atoms. The van der Waals surface area contributed by atoms with Gasteiger partial charge in [-0.25, -0.2) is 4.98 Å². The topological polar surface area (TPSA) is 64.8 Å². The van der Waals surface area contributed by atoms with E-state index >= 15 is 0 Å². The summed E-state index contributed by atoms with van der Waals surface area (Å²) in [5.74, 6) is 1.99. The number of carbonyl (C=O) groups is 1. The van der Waals surface area contributed by atoms with Gasteiger partial charge in [0, 0.05) is 18.7 Å². The summed E-state index contributed by atoms with van der Waals surface area (Å²) in [4.78, 5) is 18.9. The summed E-state index contributed by atoms with van der Waals surface area (Å²) in [5, 5.41) is 0. The van der Waals surface area contributed by atoms with E-state index in [9.17, 15) is 4.79 Å². The number of methoxy groups -OCH3 is 1. The molecule has 0 N–H and O–H groups in total. The molecule has 6 nitrogen and oxygen atoms in total. The molecule has 0 fully saturated rings. The third-order valence-corrected chi connectivity index (χ3v) is 5.18. The van der Waals surface area contributed by atoms with Gasteiger partial charge in [0.2, 0.25) is 11.8 Å². The van der Waals surface area contributed by atoms with Crippen molar-refractivity contribution in [3.63, 3.8) is 0 Å². The Labute approximate surface area is 170 Å². The van der Waals surface area contributed by atoms with Crippen molar-refractivity contribution in [3.8, 4) is 17.2 Å². The summed E-state index contributed by atoms with van der Waals surface area (Å²) in [5.41, 5.74) is 4.10. The summed E-state index contributed by atoms with van der Waals surface area (Å²) in [6, 6.07) is 15.8. The molecule has 1 aromatic heterocycles. The zero-order valence-electron chi connectivity index (χ0n) is 16.7.